The van der Waals surface area contributed by atoms with E-state index in [4.69, 9.17) is 4.74 Å². The summed E-state index contributed by atoms with van der Waals surface area (Å²) in [7, 11) is 0. The number of hydrogen-bond donors (Lipinski definition) is 1. The molecule has 0 spiro atoms. The number of carbonyl (C=O) groups is 3. The standard InChI is InChI=1S/C38H60O5/c1-23(2)25-13-18-38(32(41)42)20-19-36(9)26(31(25)38)11-12-28-35(8)16-15-29(34(6,7)27(35)14-17-37(28,36)10)43-30(40)22-33(4,5)21-24(3)39/h25-29,31H,1,11-22H2,2-10H3,(H,41,42)/t25?,26-,27?,28?,29+,31?,35+,36-,37-,38+/m1/s1. The van der Waals surface area contributed by atoms with E-state index in [1.807, 2.05) is 13.8 Å². The van der Waals surface area contributed by atoms with Gasteiger partial charge in [0.1, 0.15) is 11.9 Å². The van der Waals surface area contributed by atoms with Crippen LogP contribution in [0.1, 0.15) is 139 Å². The predicted octanol–water partition coefficient (Wildman–Crippen LogP) is 9.04. The Labute approximate surface area is 261 Å². The van der Waals surface area contributed by atoms with Gasteiger partial charge in [-0.3, -0.25) is 9.59 Å². The molecular formula is C38H60O5. The molecule has 0 aromatic carbocycles. The van der Waals surface area contributed by atoms with Gasteiger partial charge >= 0.3 is 11.9 Å². The van der Waals surface area contributed by atoms with Gasteiger partial charge in [0.2, 0.25) is 0 Å². The molecule has 0 radical (unpaired) electrons. The summed E-state index contributed by atoms with van der Waals surface area (Å²) in [6, 6.07) is 0. The molecule has 0 heterocycles. The maximum Gasteiger partial charge on any atom is 0.309 e. The summed E-state index contributed by atoms with van der Waals surface area (Å²) in [6.07, 6.45) is 10.6. The molecule has 5 aliphatic rings. The van der Waals surface area contributed by atoms with Crippen molar-refractivity contribution in [1.29, 1.82) is 0 Å². The van der Waals surface area contributed by atoms with Gasteiger partial charge in [-0.05, 0) is 129 Å². The second-order valence-corrected chi connectivity index (χ2v) is 18.2. The van der Waals surface area contributed by atoms with Gasteiger partial charge < -0.3 is 14.6 Å². The van der Waals surface area contributed by atoms with Crippen LogP contribution >= 0.6 is 0 Å². The zero-order valence-corrected chi connectivity index (χ0v) is 28.7. The lowest BCUT2D eigenvalue weighted by Crippen LogP contribution is -2.67. The maximum atomic E-state index is 13.2. The summed E-state index contributed by atoms with van der Waals surface area (Å²) in [5.74, 6) is 1.35. The highest BCUT2D eigenvalue weighted by Crippen LogP contribution is 2.77. The number of hydrogen-bond acceptors (Lipinski definition) is 4. The zero-order valence-electron chi connectivity index (χ0n) is 28.7. The van der Waals surface area contributed by atoms with Crippen LogP contribution in [0.25, 0.3) is 0 Å². The third-order valence-electron chi connectivity index (χ3n) is 15.1. The van der Waals surface area contributed by atoms with Gasteiger partial charge in [-0.25, -0.2) is 0 Å². The molecule has 10 atom stereocenters. The molecular weight excluding hydrogens is 536 g/mol. The molecule has 242 valence electrons. The van der Waals surface area contributed by atoms with Crippen LogP contribution < -0.4 is 0 Å². The molecule has 0 amide bonds. The van der Waals surface area contributed by atoms with Crippen LogP contribution in [0.2, 0.25) is 0 Å². The molecule has 5 saturated carbocycles. The number of aliphatic carboxylic acids is 1. The van der Waals surface area contributed by atoms with Gasteiger partial charge in [-0.15, -0.1) is 0 Å². The van der Waals surface area contributed by atoms with Crippen molar-refractivity contribution in [2.45, 2.75) is 145 Å². The normalized spacial score (nSPS) is 45.1. The summed E-state index contributed by atoms with van der Waals surface area (Å²) in [4.78, 5) is 37.8. The number of ketones is 1. The number of carboxylic acid groups (broad SMARTS) is 1. The molecule has 1 N–H and O–H groups in total. The summed E-state index contributed by atoms with van der Waals surface area (Å²) >= 11 is 0. The van der Waals surface area contributed by atoms with Gasteiger partial charge in [-0.1, -0.05) is 60.6 Å². The van der Waals surface area contributed by atoms with Gasteiger partial charge in [-0.2, -0.15) is 0 Å². The Hall–Kier alpha value is -1.65. The largest absolute Gasteiger partial charge is 0.481 e. The second-order valence-electron chi connectivity index (χ2n) is 18.2. The number of Topliss-reactive ketones (excluding diaryl/α,β-unsaturated/α-hetero) is 1. The maximum absolute atomic E-state index is 13.2. The molecule has 0 aromatic rings. The van der Waals surface area contributed by atoms with E-state index in [-0.39, 0.29) is 51.9 Å². The number of carboxylic acids is 1. The van der Waals surface area contributed by atoms with Gasteiger partial charge in [0.05, 0.1) is 11.8 Å². The average molecular weight is 597 g/mol. The van der Waals surface area contributed by atoms with E-state index in [0.29, 0.717) is 30.1 Å². The molecule has 5 heteroatoms. The quantitative estimate of drug-likeness (QED) is 0.234. The third-order valence-corrected chi connectivity index (χ3v) is 15.1. The monoisotopic (exact) mass is 596 g/mol. The predicted molar refractivity (Wildman–Crippen MR) is 170 cm³/mol. The Morgan fingerprint density at radius 1 is 0.814 bits per heavy atom. The first-order chi connectivity index (χ1) is 19.7. The van der Waals surface area contributed by atoms with Gasteiger partial charge in [0, 0.05) is 11.8 Å². The molecule has 5 fully saturated rings. The van der Waals surface area contributed by atoms with Gasteiger partial charge in [0.25, 0.3) is 0 Å². The molecule has 0 aliphatic heterocycles. The summed E-state index contributed by atoms with van der Waals surface area (Å²) < 4.78 is 6.29. The summed E-state index contributed by atoms with van der Waals surface area (Å²) in [5.41, 5.74) is 0.504. The fourth-order valence-corrected chi connectivity index (χ4v) is 13.0. The molecule has 0 saturated heterocycles. The minimum absolute atomic E-state index is 0.106. The lowest BCUT2D eigenvalue weighted by molar-refractivity contribution is -0.250. The van der Waals surface area contributed by atoms with E-state index in [9.17, 15) is 19.5 Å². The van der Waals surface area contributed by atoms with Crippen molar-refractivity contribution in [3.05, 3.63) is 12.2 Å². The van der Waals surface area contributed by atoms with Crippen molar-refractivity contribution in [2.24, 2.45) is 62.1 Å². The Bertz CT molecular complexity index is 1180. The number of esters is 1. The zero-order chi connectivity index (χ0) is 32.0. The average Bonchev–Trinajstić information content (AvgIpc) is 3.26. The first kappa shape index (κ1) is 32.7. The van der Waals surface area contributed by atoms with Crippen molar-refractivity contribution >= 4 is 17.7 Å². The highest BCUT2D eigenvalue weighted by atomic mass is 16.5. The Balaban J connectivity index is 1.40. The third kappa shape index (κ3) is 4.79. The van der Waals surface area contributed by atoms with Crippen LogP contribution in [0.3, 0.4) is 0 Å². The van der Waals surface area contributed by atoms with Gasteiger partial charge in [0.15, 0.2) is 0 Å². The van der Waals surface area contributed by atoms with E-state index in [0.717, 1.165) is 57.8 Å². The highest BCUT2D eigenvalue weighted by Gasteiger charge is 2.72. The van der Waals surface area contributed by atoms with Crippen molar-refractivity contribution in [2.75, 3.05) is 0 Å². The number of ether oxygens (including phenoxy) is 1. The molecule has 43 heavy (non-hydrogen) atoms. The molecule has 5 rings (SSSR count). The molecule has 5 nitrogen and oxygen atoms in total. The van der Waals surface area contributed by atoms with Crippen LogP contribution in [-0.2, 0) is 19.1 Å². The lowest BCUT2D eigenvalue weighted by atomic mass is 9.32. The fourth-order valence-electron chi connectivity index (χ4n) is 13.0. The van der Waals surface area contributed by atoms with E-state index >= 15 is 0 Å². The van der Waals surface area contributed by atoms with Crippen LogP contribution in [0.15, 0.2) is 12.2 Å². The Kier molecular flexibility index (Phi) is 7.95. The first-order valence-corrected chi connectivity index (χ1v) is 17.3. The number of allylic oxidation sites excluding steroid dienone is 1. The van der Waals surface area contributed by atoms with Crippen molar-refractivity contribution < 1.29 is 24.2 Å². The Morgan fingerprint density at radius 3 is 2.09 bits per heavy atom. The van der Waals surface area contributed by atoms with E-state index in [1.54, 1.807) is 6.92 Å². The topological polar surface area (TPSA) is 80.7 Å². The SMILES string of the molecule is C=C(C)C1CC[C@]2(C(=O)O)CC[C@]3(C)[C@H](CCC4[C@@]5(C)CC[C@H](OC(=O)CC(C)(C)CC(C)=O)C(C)(C)C5CC[C@]43C)C12. The molecule has 0 aromatic heterocycles. The van der Waals surface area contributed by atoms with Crippen LogP contribution in [0.4, 0.5) is 0 Å². The van der Waals surface area contributed by atoms with Crippen LogP contribution in [0, 0.1) is 62.1 Å². The lowest BCUT2D eigenvalue weighted by Gasteiger charge is -2.72. The first-order valence-electron chi connectivity index (χ1n) is 17.3. The van der Waals surface area contributed by atoms with Crippen LogP contribution in [0.5, 0.6) is 0 Å². The minimum atomic E-state index is -0.582. The fraction of sp³-hybridized carbons (Fsp3) is 0.868. The highest BCUT2D eigenvalue weighted by molar-refractivity contribution is 5.78. The number of carbonyl (C=O) groups excluding carboxylic acids is 2. The van der Waals surface area contributed by atoms with E-state index in [1.165, 1.54) is 12.0 Å². The number of fused-ring (bicyclic) bond motifs is 7. The molecule has 5 aliphatic carbocycles. The van der Waals surface area contributed by atoms with Crippen molar-refractivity contribution in [3.63, 3.8) is 0 Å². The second kappa shape index (κ2) is 10.4. The number of rotatable bonds is 7. The van der Waals surface area contributed by atoms with E-state index < -0.39 is 16.8 Å². The van der Waals surface area contributed by atoms with E-state index in [2.05, 4.69) is 48.1 Å². The molecule has 4 unspecified atom stereocenters. The summed E-state index contributed by atoms with van der Waals surface area (Å²) in [5, 5.41) is 10.6. The van der Waals surface area contributed by atoms with Crippen molar-refractivity contribution in [3.8, 4) is 0 Å². The smallest absolute Gasteiger partial charge is 0.309 e. The van der Waals surface area contributed by atoms with Crippen molar-refractivity contribution in [1.82, 2.24) is 0 Å². The minimum Gasteiger partial charge on any atom is -0.481 e. The Morgan fingerprint density at radius 2 is 1.49 bits per heavy atom. The molecule has 0 bridgehead atoms. The summed E-state index contributed by atoms with van der Waals surface area (Å²) in [6.45, 7) is 24.4. The van der Waals surface area contributed by atoms with Crippen LogP contribution in [-0.4, -0.2) is 28.9 Å².